The second-order valence-electron chi connectivity index (χ2n) is 28.2. The highest BCUT2D eigenvalue weighted by Crippen LogP contribution is 2.70. The third-order valence-corrected chi connectivity index (χ3v) is 33.7. The second-order valence-corrected chi connectivity index (χ2v) is 38.6. The quantitative estimate of drug-likeness (QED) is 0.0209. The minimum atomic E-state index is -2.61. The smallest absolute Gasteiger partial charge is 0.338 e. The lowest BCUT2D eigenvalue weighted by atomic mass is 9.46. The van der Waals surface area contributed by atoms with Crippen LogP contribution in [0.15, 0.2) is 96.0 Å². The Kier molecular flexibility index (Phi) is 25.5. The van der Waals surface area contributed by atoms with Crippen molar-refractivity contribution in [2.75, 3.05) is 48.4 Å². The molecular weight excluding hydrogens is 1290 g/mol. The summed E-state index contributed by atoms with van der Waals surface area (Å²) in [6.07, 6.45) is -0.296. The number of carbonyl (C=O) groups excluding carboxylic acids is 2. The number of methoxy groups -OCH3 is 4. The highest BCUT2D eigenvalue weighted by atomic mass is 32.1. The van der Waals surface area contributed by atoms with Gasteiger partial charge in [0.2, 0.25) is 0 Å². The molecule has 3 aromatic carbocycles. The number of hydrogen-bond acceptors (Lipinski definition) is 20. The van der Waals surface area contributed by atoms with E-state index in [1.807, 2.05) is 60.1 Å². The van der Waals surface area contributed by atoms with E-state index in [4.69, 9.17) is 75.4 Å². The SMILES string of the molecule is CC[Si](CC)(CC)O[C@H]1OC[C@@H](O[C@H]2C[C@H]3[C@@H]4CC=C5C[C@@H](OCOC)CC[C@]5(C)[C@H]4CC[C@]3(C)[C@@]2(O)[C@H](C)[C@H](O[Si](CC)(CC)CC)c2nccs2)[C@H](OC(C)=O)[C@H]1O[C@@H]1OC[C@@H](OCc2ccc(OC)cc2)[C@H](OCc2ccc(OC)cc2)[C@H]1OC(=O)c1ccc(OC)cc1. The van der Waals surface area contributed by atoms with Crippen molar-refractivity contribution in [3.05, 3.63) is 118 Å². The molecule has 6 aliphatic rings. The number of aromatic nitrogens is 1. The topological polar surface area (TPSA) is 206 Å². The number of ether oxygens (including phenoxy) is 13. The maximum Gasteiger partial charge on any atom is 0.338 e. The third kappa shape index (κ3) is 15.9. The summed E-state index contributed by atoms with van der Waals surface area (Å²) < 4.78 is 99.3. The van der Waals surface area contributed by atoms with Crippen molar-refractivity contribution in [3.8, 4) is 17.2 Å². The van der Waals surface area contributed by atoms with E-state index in [2.05, 4.69) is 68.4 Å². The summed E-state index contributed by atoms with van der Waals surface area (Å²) in [5.74, 6) is 0.726. The molecule has 97 heavy (non-hydrogen) atoms. The van der Waals surface area contributed by atoms with Gasteiger partial charge in [0, 0.05) is 36.9 Å². The van der Waals surface area contributed by atoms with Crippen LogP contribution in [0.3, 0.4) is 0 Å². The van der Waals surface area contributed by atoms with Crippen LogP contribution in [0.4, 0.5) is 0 Å². The van der Waals surface area contributed by atoms with E-state index < -0.39 is 107 Å². The Balaban J connectivity index is 1.06. The Bertz CT molecular complexity index is 3160. The molecule has 5 fully saturated rings. The zero-order chi connectivity index (χ0) is 69.3. The summed E-state index contributed by atoms with van der Waals surface area (Å²) in [4.78, 5) is 34.0. The first-order chi connectivity index (χ1) is 46.7. The van der Waals surface area contributed by atoms with Crippen LogP contribution in [0.5, 0.6) is 17.2 Å². The number of allylic oxidation sites excluding steroid dienone is 1. The number of thiazole rings is 1. The van der Waals surface area contributed by atoms with Gasteiger partial charge in [-0.15, -0.1) is 11.3 Å². The average molecular weight is 1400 g/mol. The Morgan fingerprint density at radius 1 is 0.680 bits per heavy atom. The van der Waals surface area contributed by atoms with Gasteiger partial charge in [-0.1, -0.05) is 98.2 Å². The van der Waals surface area contributed by atoms with Gasteiger partial charge in [0.15, 0.2) is 47.5 Å². The molecule has 3 saturated carbocycles. The number of nitrogens with zero attached hydrogens (tertiary/aromatic N) is 1. The van der Waals surface area contributed by atoms with Crippen LogP contribution in [0.1, 0.15) is 147 Å². The van der Waals surface area contributed by atoms with E-state index in [9.17, 15) is 14.7 Å². The molecule has 0 radical (unpaired) electrons. The highest BCUT2D eigenvalue weighted by molar-refractivity contribution is 7.09. The first-order valence-electron chi connectivity index (χ1n) is 35.6. The molecule has 536 valence electrons. The summed E-state index contributed by atoms with van der Waals surface area (Å²) in [6, 6.07) is 26.7. The first-order valence-corrected chi connectivity index (χ1v) is 41.5. The molecule has 0 amide bonds. The van der Waals surface area contributed by atoms with Crippen LogP contribution >= 0.6 is 11.3 Å². The summed E-state index contributed by atoms with van der Waals surface area (Å²) in [7, 11) is 1.48. The highest BCUT2D eigenvalue weighted by Gasteiger charge is 2.71. The number of benzene rings is 3. The molecule has 4 aromatic rings. The van der Waals surface area contributed by atoms with Crippen LogP contribution in [0, 0.1) is 34.5 Å². The Morgan fingerprint density at radius 2 is 1.28 bits per heavy atom. The fraction of sp³-hybridized carbons (Fsp3) is 0.667. The van der Waals surface area contributed by atoms with Crippen molar-refractivity contribution < 1.29 is 85.1 Å². The van der Waals surface area contributed by atoms with Gasteiger partial charge in [-0.3, -0.25) is 4.79 Å². The summed E-state index contributed by atoms with van der Waals surface area (Å²) >= 11 is 1.56. The van der Waals surface area contributed by atoms with E-state index in [0.717, 1.165) is 90.9 Å². The fourth-order valence-electron chi connectivity index (χ4n) is 17.3. The van der Waals surface area contributed by atoms with E-state index >= 15 is 0 Å². The van der Waals surface area contributed by atoms with Gasteiger partial charge >= 0.3 is 11.9 Å². The minimum Gasteiger partial charge on any atom is -0.497 e. The largest absolute Gasteiger partial charge is 0.497 e. The van der Waals surface area contributed by atoms with Crippen LogP contribution in [-0.2, 0) is 74.2 Å². The molecule has 1 N–H and O–H groups in total. The number of rotatable bonds is 32. The second kappa shape index (κ2) is 33.0. The lowest BCUT2D eigenvalue weighted by molar-refractivity contribution is -0.346. The Hall–Kier alpha value is -4.64. The van der Waals surface area contributed by atoms with Crippen molar-refractivity contribution in [1.29, 1.82) is 0 Å². The summed E-state index contributed by atoms with van der Waals surface area (Å²) in [5.41, 5.74) is 1.12. The fourth-order valence-corrected chi connectivity index (χ4v) is 23.7. The molecule has 4 aliphatic carbocycles. The molecule has 1 aromatic heterocycles. The van der Waals surface area contributed by atoms with Crippen molar-refractivity contribution >= 4 is 39.9 Å². The van der Waals surface area contributed by atoms with E-state index in [0.29, 0.717) is 29.6 Å². The lowest BCUT2D eigenvalue weighted by Gasteiger charge is -2.60. The Labute approximate surface area is 581 Å². The summed E-state index contributed by atoms with van der Waals surface area (Å²) in [5, 5.41) is 17.7. The maximum atomic E-state index is 14.9. The van der Waals surface area contributed by atoms with Crippen molar-refractivity contribution in [1.82, 2.24) is 4.98 Å². The molecule has 0 bridgehead atoms. The molecule has 0 spiro atoms. The van der Waals surface area contributed by atoms with Crippen LogP contribution in [0.2, 0.25) is 36.3 Å². The molecule has 3 heterocycles. The molecule has 0 unspecified atom stereocenters. The minimum absolute atomic E-state index is 0.0138. The molecule has 19 nitrogen and oxygen atoms in total. The van der Waals surface area contributed by atoms with Crippen LogP contribution in [-0.4, -0.2) is 154 Å². The van der Waals surface area contributed by atoms with Crippen LogP contribution < -0.4 is 14.2 Å². The summed E-state index contributed by atoms with van der Waals surface area (Å²) in [6.45, 7) is 21.8. The number of fused-ring (bicyclic) bond motifs is 5. The van der Waals surface area contributed by atoms with Crippen molar-refractivity contribution in [2.24, 2.45) is 34.5 Å². The van der Waals surface area contributed by atoms with E-state index in [1.54, 1.807) is 64.0 Å². The van der Waals surface area contributed by atoms with Crippen molar-refractivity contribution in [3.63, 3.8) is 0 Å². The Morgan fingerprint density at radius 3 is 1.86 bits per heavy atom. The molecule has 10 rings (SSSR count). The predicted octanol–water partition coefficient (Wildman–Crippen LogP) is 14.4. The average Bonchev–Trinajstić information content (AvgIpc) is 1.57. The van der Waals surface area contributed by atoms with Gasteiger partial charge in [-0.05, 0) is 164 Å². The normalized spacial score (nSPS) is 31.8. The number of hydrogen-bond donors (Lipinski definition) is 1. The van der Waals surface area contributed by atoms with Gasteiger partial charge in [-0.2, -0.15) is 0 Å². The maximum absolute atomic E-state index is 14.9. The third-order valence-electron chi connectivity index (χ3n) is 23.7. The molecule has 2 aliphatic heterocycles. The first kappa shape index (κ1) is 75.0. The number of aliphatic hydroxyl groups is 1. The molecule has 18 atom stereocenters. The van der Waals surface area contributed by atoms with Gasteiger partial charge in [0.25, 0.3) is 0 Å². The molecular formula is C75H109NO18SSi2. The van der Waals surface area contributed by atoms with Gasteiger partial charge < -0.3 is 75.5 Å². The van der Waals surface area contributed by atoms with Crippen LogP contribution in [0.25, 0.3) is 0 Å². The van der Waals surface area contributed by atoms with Gasteiger partial charge in [0.1, 0.15) is 59.1 Å². The molecule has 22 heteroatoms. The van der Waals surface area contributed by atoms with E-state index in [1.165, 1.54) is 12.5 Å². The van der Waals surface area contributed by atoms with Crippen molar-refractivity contribution in [2.45, 2.75) is 237 Å². The molecule has 2 saturated heterocycles. The van der Waals surface area contributed by atoms with E-state index in [-0.39, 0.29) is 62.1 Å². The van der Waals surface area contributed by atoms with Gasteiger partial charge in [0.05, 0.1) is 65.5 Å². The monoisotopic (exact) mass is 1400 g/mol. The lowest BCUT2D eigenvalue weighted by Crippen LogP contribution is -2.65. The number of esters is 2. The zero-order valence-electron chi connectivity index (χ0n) is 59.8. The van der Waals surface area contributed by atoms with Gasteiger partial charge in [-0.25, -0.2) is 9.78 Å². The standard InChI is InChI=1S/C75H109NO18SSi2/c1-15-96(16-2,17-3)93-64(69-76-39-40-95-69)48(7)75(79)63(42-60-58-34-27-53-41-57(88-47-80-11)35-37-73(53,9)59(58)36-38-74(60,75)10)90-62-46-87-72(94-97(18-4,19-5)20-6)68(66(62)89-49(8)77)92-71-67(91-70(78)52-25-32-56(83-14)33-26-52)65(85-44-51-23-30-55(82-13)31-24-51)61(45-86-71)84-43-50-21-28-54(81-12)29-22-50/h21-33,39-40,48,57-68,71-72,79H,15-20,34-38,41-47H2,1-14H3/t48-,57+,58-,59+,60+,61-,62-,63+,64+,65+,66+,67-,68-,71+,72-,73+,74+,75-/m1/s1. The predicted molar refractivity (Wildman–Crippen MR) is 373 cm³/mol. The zero-order valence-corrected chi connectivity index (χ0v) is 62.6. The number of carbonyl (C=O) groups is 2.